The summed E-state index contributed by atoms with van der Waals surface area (Å²) in [6.07, 6.45) is 0.777. The van der Waals surface area contributed by atoms with Gasteiger partial charge in [-0.1, -0.05) is 42.5 Å². The average Bonchev–Trinajstić information content (AvgIpc) is 2.39. The van der Waals surface area contributed by atoms with Crippen LogP contribution in [0.1, 0.15) is 11.1 Å². The van der Waals surface area contributed by atoms with Gasteiger partial charge in [-0.15, -0.1) is 0 Å². The lowest BCUT2D eigenvalue weighted by atomic mass is 10.2. The Labute approximate surface area is 117 Å². The molecule has 0 bridgehead atoms. The maximum Gasteiger partial charge on any atom is 0.137 e. The number of ether oxygens (including phenoxy) is 1. The van der Waals surface area contributed by atoms with Crippen molar-refractivity contribution in [3.8, 4) is 5.75 Å². The van der Waals surface area contributed by atoms with E-state index in [0.29, 0.717) is 12.4 Å². The van der Waals surface area contributed by atoms with Gasteiger partial charge in [0.25, 0.3) is 0 Å². The predicted molar refractivity (Wildman–Crippen MR) is 77.9 cm³/mol. The Morgan fingerprint density at radius 1 is 1.16 bits per heavy atom. The van der Waals surface area contributed by atoms with Crippen molar-refractivity contribution < 1.29 is 9.13 Å². The summed E-state index contributed by atoms with van der Waals surface area (Å²) < 4.78 is 19.1. The van der Waals surface area contributed by atoms with Gasteiger partial charge in [0.05, 0.1) is 6.61 Å². The summed E-state index contributed by atoms with van der Waals surface area (Å²) in [6, 6.07) is 14.5. The second kappa shape index (κ2) is 6.29. The van der Waals surface area contributed by atoms with Crippen molar-refractivity contribution in [2.24, 2.45) is 5.73 Å². The van der Waals surface area contributed by atoms with Gasteiger partial charge in [-0.3, -0.25) is 0 Å². The zero-order valence-corrected chi connectivity index (χ0v) is 11.1. The molecule has 0 aliphatic heterocycles. The topological polar surface area (TPSA) is 35.2 Å². The first-order chi connectivity index (χ1) is 9.16. The largest absolute Gasteiger partial charge is 0.493 e. The molecule has 2 rings (SSSR count). The molecule has 4 heteroatoms. The molecular formula is C15H14FNOS. The second-order valence-electron chi connectivity index (χ2n) is 4.09. The number of benzene rings is 2. The highest BCUT2D eigenvalue weighted by atomic mass is 32.1. The van der Waals surface area contributed by atoms with Crippen LogP contribution in [0, 0.1) is 5.82 Å². The van der Waals surface area contributed by atoms with Crippen LogP contribution >= 0.6 is 12.2 Å². The molecule has 0 amide bonds. The molecule has 2 aromatic rings. The molecule has 0 saturated heterocycles. The zero-order chi connectivity index (χ0) is 13.7. The molecule has 2 N–H and O–H groups in total. The van der Waals surface area contributed by atoms with Crippen molar-refractivity contribution in [2.45, 2.75) is 6.42 Å². The van der Waals surface area contributed by atoms with Crippen molar-refractivity contribution in [1.29, 1.82) is 0 Å². The first kappa shape index (κ1) is 13.5. The van der Waals surface area contributed by atoms with E-state index < -0.39 is 5.82 Å². The summed E-state index contributed by atoms with van der Waals surface area (Å²) >= 11 is 4.74. The van der Waals surface area contributed by atoms with Crippen molar-refractivity contribution >= 4 is 17.2 Å². The Hall–Kier alpha value is -1.94. The van der Waals surface area contributed by atoms with Gasteiger partial charge in [-0.05, 0) is 17.7 Å². The fourth-order valence-electron chi connectivity index (χ4n) is 1.72. The van der Waals surface area contributed by atoms with E-state index in [9.17, 15) is 4.39 Å². The van der Waals surface area contributed by atoms with Crippen LogP contribution in [0.5, 0.6) is 5.75 Å². The van der Waals surface area contributed by atoms with Crippen molar-refractivity contribution in [1.82, 2.24) is 0 Å². The van der Waals surface area contributed by atoms with Gasteiger partial charge in [0.15, 0.2) is 0 Å². The Balaban J connectivity index is 1.93. The van der Waals surface area contributed by atoms with Gasteiger partial charge in [0, 0.05) is 18.1 Å². The van der Waals surface area contributed by atoms with E-state index >= 15 is 0 Å². The zero-order valence-electron chi connectivity index (χ0n) is 10.3. The normalized spacial score (nSPS) is 10.2. The first-order valence-electron chi connectivity index (χ1n) is 5.93. The number of halogens is 1. The van der Waals surface area contributed by atoms with E-state index in [0.717, 1.165) is 6.42 Å². The Morgan fingerprint density at radius 2 is 1.89 bits per heavy atom. The average molecular weight is 275 g/mol. The van der Waals surface area contributed by atoms with Crippen LogP contribution in [0.4, 0.5) is 4.39 Å². The molecule has 2 nitrogen and oxygen atoms in total. The molecule has 0 unspecified atom stereocenters. The molecule has 0 aromatic heterocycles. The van der Waals surface area contributed by atoms with Crippen LogP contribution in [-0.4, -0.2) is 11.6 Å². The lowest BCUT2D eigenvalue weighted by Gasteiger charge is -2.08. The van der Waals surface area contributed by atoms with Gasteiger partial charge in [0.1, 0.15) is 16.6 Å². The van der Waals surface area contributed by atoms with Crippen LogP contribution in [0.2, 0.25) is 0 Å². The van der Waals surface area contributed by atoms with Crippen molar-refractivity contribution in [3.63, 3.8) is 0 Å². The van der Waals surface area contributed by atoms with E-state index in [1.54, 1.807) is 6.07 Å². The van der Waals surface area contributed by atoms with Crippen LogP contribution in [0.15, 0.2) is 48.5 Å². The minimum absolute atomic E-state index is 0.0494. The fraction of sp³-hybridized carbons (Fsp3) is 0.133. The standard InChI is InChI=1S/C15H14FNOS/c16-14-10-12(6-7-13(14)15(17)19)18-9-8-11-4-2-1-3-5-11/h1-7,10H,8-9H2,(H2,17,19). The summed E-state index contributed by atoms with van der Waals surface area (Å²) in [6.45, 7) is 0.496. The summed E-state index contributed by atoms with van der Waals surface area (Å²) in [5.41, 5.74) is 6.82. The number of hydrogen-bond donors (Lipinski definition) is 1. The summed E-state index contributed by atoms with van der Waals surface area (Å²) in [4.78, 5) is 0.0494. The molecule has 0 aliphatic carbocycles. The maximum atomic E-state index is 13.6. The third-order valence-electron chi connectivity index (χ3n) is 2.71. The third-order valence-corrected chi connectivity index (χ3v) is 2.93. The first-order valence-corrected chi connectivity index (χ1v) is 6.34. The van der Waals surface area contributed by atoms with Crippen molar-refractivity contribution in [2.75, 3.05) is 6.61 Å². The van der Waals surface area contributed by atoms with Crippen LogP contribution in [0.25, 0.3) is 0 Å². The van der Waals surface area contributed by atoms with Gasteiger partial charge in [-0.25, -0.2) is 4.39 Å². The Bertz CT molecular complexity index is 572. The SMILES string of the molecule is NC(=S)c1ccc(OCCc2ccccc2)cc1F. The lowest BCUT2D eigenvalue weighted by Crippen LogP contribution is -2.11. The highest BCUT2D eigenvalue weighted by Gasteiger charge is 2.06. The number of rotatable bonds is 5. The molecule has 19 heavy (non-hydrogen) atoms. The number of hydrogen-bond acceptors (Lipinski definition) is 2. The van der Waals surface area contributed by atoms with E-state index in [1.165, 1.54) is 17.7 Å². The highest BCUT2D eigenvalue weighted by Crippen LogP contribution is 2.17. The van der Waals surface area contributed by atoms with Gasteiger partial charge in [-0.2, -0.15) is 0 Å². The number of nitrogens with two attached hydrogens (primary N) is 1. The summed E-state index contributed by atoms with van der Waals surface area (Å²) in [7, 11) is 0. The van der Waals surface area contributed by atoms with Gasteiger partial charge < -0.3 is 10.5 Å². The minimum atomic E-state index is -0.454. The Kier molecular flexibility index (Phi) is 4.47. The lowest BCUT2D eigenvalue weighted by molar-refractivity contribution is 0.320. The molecule has 0 atom stereocenters. The molecule has 0 spiro atoms. The van der Waals surface area contributed by atoms with Crippen LogP contribution in [-0.2, 0) is 6.42 Å². The maximum absolute atomic E-state index is 13.6. The third kappa shape index (κ3) is 3.76. The molecule has 98 valence electrons. The van der Waals surface area contributed by atoms with E-state index in [2.05, 4.69) is 0 Å². The van der Waals surface area contributed by atoms with Gasteiger partial charge in [0.2, 0.25) is 0 Å². The van der Waals surface area contributed by atoms with Gasteiger partial charge >= 0.3 is 0 Å². The number of thiocarbonyl (C=S) groups is 1. The van der Waals surface area contributed by atoms with Crippen LogP contribution < -0.4 is 10.5 Å². The molecule has 0 fully saturated rings. The highest BCUT2D eigenvalue weighted by molar-refractivity contribution is 7.80. The molecular weight excluding hydrogens is 261 g/mol. The van der Waals surface area contributed by atoms with E-state index in [-0.39, 0.29) is 10.6 Å². The molecule has 0 aliphatic rings. The Morgan fingerprint density at radius 3 is 2.53 bits per heavy atom. The molecule has 0 saturated carbocycles. The van der Waals surface area contributed by atoms with E-state index in [4.69, 9.17) is 22.7 Å². The van der Waals surface area contributed by atoms with E-state index in [1.807, 2.05) is 30.3 Å². The van der Waals surface area contributed by atoms with Crippen LogP contribution in [0.3, 0.4) is 0 Å². The predicted octanol–water partition coefficient (Wildman–Crippen LogP) is 3.08. The summed E-state index contributed by atoms with van der Waals surface area (Å²) in [5, 5.41) is 0. The summed E-state index contributed by atoms with van der Waals surface area (Å²) in [5.74, 6) is 0.0261. The molecule has 0 radical (unpaired) electrons. The molecule has 2 aromatic carbocycles. The quantitative estimate of drug-likeness (QED) is 0.852. The second-order valence-corrected chi connectivity index (χ2v) is 4.53. The minimum Gasteiger partial charge on any atom is -0.493 e. The van der Waals surface area contributed by atoms with Crippen molar-refractivity contribution in [3.05, 3.63) is 65.5 Å². The fourth-order valence-corrected chi connectivity index (χ4v) is 1.88. The monoisotopic (exact) mass is 275 g/mol. The molecule has 0 heterocycles. The smallest absolute Gasteiger partial charge is 0.137 e.